The molecule has 1 heterocycles. The van der Waals surface area contributed by atoms with Gasteiger partial charge in [-0.2, -0.15) is 0 Å². The summed E-state index contributed by atoms with van der Waals surface area (Å²) in [6.45, 7) is 0. The second-order valence-electron chi connectivity index (χ2n) is 5.45. The molecule has 2 N–H and O–H groups in total. The number of amides is 1. The number of carbonyl (C=O) groups is 2. The van der Waals surface area contributed by atoms with Gasteiger partial charge in [0.2, 0.25) is 5.91 Å². The number of aliphatic carboxylic acids is 1. The van der Waals surface area contributed by atoms with Crippen LogP contribution in [-0.4, -0.2) is 26.5 Å². The van der Waals surface area contributed by atoms with Gasteiger partial charge in [0.25, 0.3) is 0 Å². The third-order valence-corrected chi connectivity index (χ3v) is 3.71. The predicted molar refractivity (Wildman–Crippen MR) is 78.2 cm³/mol. The van der Waals surface area contributed by atoms with E-state index in [0.29, 0.717) is 11.6 Å². The van der Waals surface area contributed by atoms with Crippen molar-refractivity contribution in [2.75, 3.05) is 5.32 Å². The number of carboxylic acid groups (broad SMARTS) is 1. The number of benzene rings is 1. The summed E-state index contributed by atoms with van der Waals surface area (Å²) in [5.74, 6) is 0.393. The zero-order valence-corrected chi connectivity index (χ0v) is 11.8. The van der Waals surface area contributed by atoms with Gasteiger partial charge in [-0.3, -0.25) is 9.59 Å². The smallest absolute Gasteiger partial charge is 0.303 e. The lowest BCUT2D eigenvalue weighted by Gasteiger charge is -2.04. The van der Waals surface area contributed by atoms with Gasteiger partial charge >= 0.3 is 5.97 Å². The summed E-state index contributed by atoms with van der Waals surface area (Å²) >= 11 is 0. The first kappa shape index (κ1) is 13.6. The van der Waals surface area contributed by atoms with E-state index in [-0.39, 0.29) is 18.7 Å². The van der Waals surface area contributed by atoms with Gasteiger partial charge in [0.05, 0.1) is 17.5 Å². The fourth-order valence-corrected chi connectivity index (χ4v) is 2.45. The zero-order valence-electron chi connectivity index (χ0n) is 11.8. The Balaban J connectivity index is 1.77. The maximum atomic E-state index is 11.6. The molecule has 21 heavy (non-hydrogen) atoms. The minimum absolute atomic E-state index is 0.0249. The monoisotopic (exact) mass is 287 g/mol. The van der Waals surface area contributed by atoms with Crippen LogP contribution < -0.4 is 5.32 Å². The summed E-state index contributed by atoms with van der Waals surface area (Å²) in [5, 5.41) is 11.3. The Morgan fingerprint density at radius 3 is 2.81 bits per heavy atom. The van der Waals surface area contributed by atoms with Crippen LogP contribution >= 0.6 is 0 Å². The van der Waals surface area contributed by atoms with Crippen LogP contribution in [0.3, 0.4) is 0 Å². The third-order valence-electron chi connectivity index (χ3n) is 3.71. The van der Waals surface area contributed by atoms with E-state index in [2.05, 4.69) is 14.9 Å². The van der Waals surface area contributed by atoms with Crippen molar-refractivity contribution >= 4 is 28.6 Å². The van der Waals surface area contributed by atoms with Gasteiger partial charge in [-0.05, 0) is 31.0 Å². The maximum Gasteiger partial charge on any atom is 0.303 e. The van der Waals surface area contributed by atoms with E-state index in [1.807, 2.05) is 25.2 Å². The largest absolute Gasteiger partial charge is 0.481 e. The highest BCUT2D eigenvalue weighted by molar-refractivity contribution is 5.94. The van der Waals surface area contributed by atoms with Crippen LogP contribution in [0.1, 0.15) is 37.4 Å². The molecule has 1 saturated carbocycles. The molecule has 6 nitrogen and oxygen atoms in total. The number of carbonyl (C=O) groups excluding carboxylic acids is 1. The Morgan fingerprint density at radius 1 is 1.38 bits per heavy atom. The van der Waals surface area contributed by atoms with Gasteiger partial charge in [0.1, 0.15) is 5.82 Å². The van der Waals surface area contributed by atoms with Crippen molar-refractivity contribution < 1.29 is 14.7 Å². The van der Waals surface area contributed by atoms with Crippen molar-refractivity contribution in [1.29, 1.82) is 0 Å². The summed E-state index contributed by atoms with van der Waals surface area (Å²) in [6, 6.07) is 5.58. The van der Waals surface area contributed by atoms with Gasteiger partial charge in [0.15, 0.2) is 0 Å². The molecule has 1 aliphatic rings. The number of rotatable bonds is 5. The summed E-state index contributed by atoms with van der Waals surface area (Å²) < 4.78 is 2.10. The lowest BCUT2D eigenvalue weighted by Crippen LogP contribution is -2.13. The van der Waals surface area contributed by atoms with Gasteiger partial charge < -0.3 is 15.0 Å². The highest BCUT2D eigenvalue weighted by atomic mass is 16.4. The number of nitrogens with zero attached hydrogens (tertiary/aromatic N) is 2. The summed E-state index contributed by atoms with van der Waals surface area (Å²) in [4.78, 5) is 26.7. The fourth-order valence-electron chi connectivity index (χ4n) is 2.45. The Hall–Kier alpha value is -2.37. The van der Waals surface area contributed by atoms with Crippen LogP contribution in [-0.2, 0) is 16.6 Å². The molecular formula is C15H17N3O3. The molecule has 1 aliphatic carbocycles. The molecule has 1 amide bonds. The van der Waals surface area contributed by atoms with Gasteiger partial charge in [-0.15, -0.1) is 0 Å². The first-order chi connectivity index (χ1) is 10.0. The molecule has 0 radical (unpaired) electrons. The molecule has 3 rings (SSSR count). The highest BCUT2D eigenvalue weighted by Crippen LogP contribution is 2.40. The van der Waals surface area contributed by atoms with Crippen LogP contribution in [0.5, 0.6) is 0 Å². The van der Waals surface area contributed by atoms with Crippen LogP contribution in [0.15, 0.2) is 18.2 Å². The lowest BCUT2D eigenvalue weighted by atomic mass is 10.2. The number of imidazole rings is 1. The fraction of sp³-hybridized carbons (Fsp3) is 0.400. The molecule has 1 aromatic carbocycles. The van der Waals surface area contributed by atoms with Crippen LogP contribution in [0, 0.1) is 0 Å². The lowest BCUT2D eigenvalue weighted by molar-refractivity contribution is -0.138. The van der Waals surface area contributed by atoms with Gasteiger partial charge in [-0.1, -0.05) is 0 Å². The molecule has 0 saturated heterocycles. The predicted octanol–water partition coefficient (Wildman–Crippen LogP) is 2.25. The summed E-state index contributed by atoms with van der Waals surface area (Å²) in [6.07, 6.45) is 2.19. The number of aryl methyl sites for hydroxylation is 1. The second kappa shape index (κ2) is 5.20. The average molecular weight is 287 g/mol. The third kappa shape index (κ3) is 2.89. The van der Waals surface area contributed by atoms with Gasteiger partial charge in [0, 0.05) is 25.1 Å². The molecule has 110 valence electrons. The van der Waals surface area contributed by atoms with E-state index in [4.69, 9.17) is 5.11 Å². The Morgan fingerprint density at radius 2 is 2.14 bits per heavy atom. The van der Waals surface area contributed by atoms with Crippen molar-refractivity contribution in [2.45, 2.75) is 31.6 Å². The number of hydrogen-bond donors (Lipinski definition) is 2. The average Bonchev–Trinajstić information content (AvgIpc) is 3.22. The molecule has 0 unspecified atom stereocenters. The minimum Gasteiger partial charge on any atom is -0.481 e. The number of hydrogen-bond acceptors (Lipinski definition) is 3. The van der Waals surface area contributed by atoms with Crippen molar-refractivity contribution in [2.24, 2.45) is 7.05 Å². The Kier molecular flexibility index (Phi) is 3.37. The molecule has 2 aromatic rings. The highest BCUT2D eigenvalue weighted by Gasteiger charge is 2.28. The SMILES string of the molecule is Cn1c(C2CC2)nc2cc(NC(=O)CCC(=O)O)ccc21. The molecule has 1 aromatic heterocycles. The van der Waals surface area contributed by atoms with Gasteiger partial charge in [-0.25, -0.2) is 4.98 Å². The van der Waals surface area contributed by atoms with E-state index in [9.17, 15) is 9.59 Å². The van der Waals surface area contributed by atoms with E-state index in [1.54, 1.807) is 0 Å². The first-order valence-electron chi connectivity index (χ1n) is 7.02. The molecule has 0 aliphatic heterocycles. The standard InChI is InChI=1S/C15H17N3O3/c1-18-12-5-4-10(16-13(19)6-7-14(20)21)8-11(12)17-15(18)9-2-3-9/h4-5,8-9H,2-3,6-7H2,1H3,(H,16,19)(H,20,21). The van der Waals surface area contributed by atoms with E-state index < -0.39 is 5.97 Å². The number of carboxylic acids is 1. The van der Waals surface area contributed by atoms with Crippen molar-refractivity contribution in [3.63, 3.8) is 0 Å². The molecule has 0 spiro atoms. The molecule has 0 bridgehead atoms. The Labute approximate surface area is 121 Å². The molecule has 6 heteroatoms. The molecule has 1 fully saturated rings. The van der Waals surface area contributed by atoms with Crippen LogP contribution in [0.25, 0.3) is 11.0 Å². The zero-order chi connectivity index (χ0) is 15.0. The normalized spacial score (nSPS) is 14.3. The van der Waals surface area contributed by atoms with E-state index in [0.717, 1.165) is 16.9 Å². The number of fused-ring (bicyclic) bond motifs is 1. The molecular weight excluding hydrogens is 270 g/mol. The number of aromatic nitrogens is 2. The quantitative estimate of drug-likeness (QED) is 0.883. The van der Waals surface area contributed by atoms with Crippen molar-refractivity contribution in [3.8, 4) is 0 Å². The number of nitrogens with one attached hydrogen (secondary N) is 1. The second-order valence-corrected chi connectivity index (χ2v) is 5.45. The number of anilines is 1. The van der Waals surface area contributed by atoms with Crippen LogP contribution in [0.2, 0.25) is 0 Å². The summed E-state index contributed by atoms with van der Waals surface area (Å²) in [7, 11) is 2.01. The Bertz CT molecular complexity index is 716. The maximum absolute atomic E-state index is 11.6. The van der Waals surface area contributed by atoms with Crippen molar-refractivity contribution in [3.05, 3.63) is 24.0 Å². The topological polar surface area (TPSA) is 84.2 Å². The van der Waals surface area contributed by atoms with Crippen molar-refractivity contribution in [1.82, 2.24) is 9.55 Å². The first-order valence-corrected chi connectivity index (χ1v) is 7.02. The van der Waals surface area contributed by atoms with Crippen LogP contribution in [0.4, 0.5) is 5.69 Å². The summed E-state index contributed by atoms with van der Waals surface area (Å²) in [5.41, 5.74) is 2.55. The molecule has 0 atom stereocenters. The van der Waals surface area contributed by atoms with E-state index >= 15 is 0 Å². The minimum atomic E-state index is -0.973. The van der Waals surface area contributed by atoms with E-state index in [1.165, 1.54) is 12.8 Å².